The highest BCUT2D eigenvalue weighted by Crippen LogP contribution is 2.41. The van der Waals surface area contributed by atoms with E-state index >= 15 is 0 Å². The van der Waals surface area contributed by atoms with Crippen LogP contribution in [0, 0.1) is 11.8 Å². The van der Waals surface area contributed by atoms with Crippen LogP contribution in [0.5, 0.6) is 0 Å². The standard InChI is InChI=1S/C42H58IN11O12/c1-7-42(43,8-2)25-15-29(58)54(40(25)63)14-13-27(56)50-30(21(3)4)38(62)48-22(5)37(61)49-24-11-9-23(10-12-24)18-65-41(64)53(6)16-28(57)51-31-26(17-55)66-39(34(60)33(31)59)52-36-32-35(45-19-44-32)46-20-47-36/h9-12,19-22,25-26,30-31,33-34,39,55,59-60H,7-8,13-18H2,1-6H3,(H,48,62)(H,49,61)(H,50,56)(H,51,57)(H2,44,45,46,47,52)/t22-,25?,26-,30-,31-,33+,34-,39+/m0/s1. The summed E-state index contributed by atoms with van der Waals surface area (Å²) in [6.45, 7) is 7.45. The normalized spacial score (nSPS) is 21.8. The van der Waals surface area contributed by atoms with Gasteiger partial charge in [-0.2, -0.15) is 0 Å². The van der Waals surface area contributed by atoms with Crippen molar-refractivity contribution in [1.29, 1.82) is 0 Å². The number of imidazole rings is 1. The Bertz CT molecular complexity index is 2220. The molecule has 2 fully saturated rings. The zero-order valence-corrected chi connectivity index (χ0v) is 39.6. The number of aliphatic hydroxyl groups is 3. The van der Waals surface area contributed by atoms with Crippen molar-refractivity contribution < 1.29 is 58.4 Å². The highest BCUT2D eigenvalue weighted by Gasteiger charge is 2.48. The van der Waals surface area contributed by atoms with Gasteiger partial charge in [0.05, 0.1) is 24.9 Å². The zero-order chi connectivity index (χ0) is 48.5. The fraction of sp³-hybridized carbons (Fsp3) is 0.571. The number of halogens is 1. The number of hydrogen-bond donors (Lipinski definition) is 9. The summed E-state index contributed by atoms with van der Waals surface area (Å²) in [4.78, 5) is 108. The largest absolute Gasteiger partial charge is 0.445 e. The minimum absolute atomic E-state index is 0.0996. The molecular formula is C42H58IN11O12. The lowest BCUT2D eigenvalue weighted by Crippen LogP contribution is -2.66. The van der Waals surface area contributed by atoms with Crippen molar-refractivity contribution in [3.63, 3.8) is 0 Å². The summed E-state index contributed by atoms with van der Waals surface area (Å²) in [6, 6.07) is 3.03. The molecule has 1 aromatic carbocycles. The number of aromatic nitrogens is 4. The van der Waals surface area contributed by atoms with Crippen molar-refractivity contribution >= 4 is 86.8 Å². The van der Waals surface area contributed by atoms with E-state index in [-0.39, 0.29) is 53.0 Å². The quantitative estimate of drug-likeness (QED) is 0.0418. The number of likely N-dealkylation sites (tertiary alicyclic amines) is 1. The molecule has 0 spiro atoms. The molecule has 5 rings (SSSR count). The lowest BCUT2D eigenvalue weighted by atomic mass is 9.86. The Kier molecular flexibility index (Phi) is 17.7. The number of benzene rings is 1. The molecule has 8 atom stereocenters. The summed E-state index contributed by atoms with van der Waals surface area (Å²) in [5, 5.41) is 45.1. The van der Waals surface area contributed by atoms with Gasteiger partial charge in [0.2, 0.25) is 35.4 Å². The third-order valence-electron chi connectivity index (χ3n) is 11.7. The predicted octanol–water partition coefficient (Wildman–Crippen LogP) is 0.300. The van der Waals surface area contributed by atoms with Crippen molar-refractivity contribution in [2.45, 2.75) is 113 Å². The molecule has 0 saturated carbocycles. The highest BCUT2D eigenvalue weighted by molar-refractivity contribution is 14.1. The van der Waals surface area contributed by atoms with Crippen LogP contribution in [-0.4, -0.2) is 159 Å². The van der Waals surface area contributed by atoms with E-state index in [1.807, 2.05) is 13.8 Å². The molecule has 66 heavy (non-hydrogen) atoms. The Morgan fingerprint density at radius 2 is 1.70 bits per heavy atom. The number of aliphatic hydroxyl groups excluding tert-OH is 3. The maximum absolute atomic E-state index is 13.2. The van der Waals surface area contributed by atoms with E-state index in [1.54, 1.807) is 38.1 Å². The van der Waals surface area contributed by atoms with E-state index in [2.05, 4.69) is 69.1 Å². The molecule has 0 bridgehead atoms. The molecule has 0 aliphatic carbocycles. The summed E-state index contributed by atoms with van der Waals surface area (Å²) < 4.78 is 10.8. The fourth-order valence-electron chi connectivity index (χ4n) is 7.56. The van der Waals surface area contributed by atoms with Gasteiger partial charge in [0.15, 0.2) is 17.7 Å². The van der Waals surface area contributed by atoms with Crippen LogP contribution in [0.15, 0.2) is 36.9 Å². The van der Waals surface area contributed by atoms with Gasteiger partial charge in [-0.15, -0.1) is 0 Å². The van der Waals surface area contributed by atoms with Crippen LogP contribution < -0.4 is 26.6 Å². The van der Waals surface area contributed by atoms with Gasteiger partial charge >= 0.3 is 6.09 Å². The average molecular weight is 1040 g/mol. The summed E-state index contributed by atoms with van der Waals surface area (Å²) in [5.74, 6) is -3.62. The zero-order valence-electron chi connectivity index (χ0n) is 37.4. The second-order valence-corrected chi connectivity index (χ2v) is 18.7. The van der Waals surface area contributed by atoms with Gasteiger partial charge in [-0.1, -0.05) is 62.4 Å². The van der Waals surface area contributed by atoms with E-state index in [9.17, 15) is 48.9 Å². The molecule has 2 saturated heterocycles. The van der Waals surface area contributed by atoms with Gasteiger partial charge in [-0.25, -0.2) is 19.7 Å². The van der Waals surface area contributed by atoms with Crippen LogP contribution in [0.2, 0.25) is 0 Å². The molecule has 2 aromatic heterocycles. The molecule has 9 N–H and O–H groups in total. The Hall–Kier alpha value is -5.57. The number of carbonyl (C=O) groups excluding carboxylic acids is 7. The number of carbonyl (C=O) groups is 7. The minimum Gasteiger partial charge on any atom is -0.445 e. The molecular weight excluding hydrogens is 977 g/mol. The number of hydrogen-bond acceptors (Lipinski definition) is 16. The van der Waals surface area contributed by atoms with E-state index in [0.717, 1.165) is 22.6 Å². The average Bonchev–Trinajstić information content (AvgIpc) is 3.90. The lowest BCUT2D eigenvalue weighted by molar-refractivity contribution is -0.185. The van der Waals surface area contributed by atoms with E-state index in [1.165, 1.54) is 26.6 Å². The topological polar surface area (TPSA) is 320 Å². The number of nitrogens with one attached hydrogen (secondary N) is 6. The fourth-order valence-corrected chi connectivity index (χ4v) is 8.04. The number of imide groups is 1. The molecule has 23 nitrogen and oxygen atoms in total. The monoisotopic (exact) mass is 1040 g/mol. The van der Waals surface area contributed by atoms with Crippen molar-refractivity contribution in [1.82, 2.24) is 45.7 Å². The van der Waals surface area contributed by atoms with Gasteiger partial charge in [0.25, 0.3) is 0 Å². The highest BCUT2D eigenvalue weighted by atomic mass is 127. The van der Waals surface area contributed by atoms with Gasteiger partial charge in [-0.3, -0.25) is 33.7 Å². The van der Waals surface area contributed by atoms with Crippen molar-refractivity contribution in [2.24, 2.45) is 11.8 Å². The van der Waals surface area contributed by atoms with Gasteiger partial charge in [0.1, 0.15) is 55.4 Å². The van der Waals surface area contributed by atoms with Crippen molar-refractivity contribution in [2.75, 3.05) is 37.4 Å². The first-order valence-electron chi connectivity index (χ1n) is 21.5. The number of nitrogens with zero attached hydrogens (tertiary/aromatic N) is 5. The first kappa shape index (κ1) is 51.4. The minimum atomic E-state index is -1.60. The number of amides is 7. The maximum Gasteiger partial charge on any atom is 0.410 e. The molecule has 360 valence electrons. The van der Waals surface area contributed by atoms with Crippen molar-refractivity contribution in [3.05, 3.63) is 42.5 Å². The summed E-state index contributed by atoms with van der Waals surface area (Å²) >= 11 is 2.25. The number of alkyl halides is 1. The third kappa shape index (κ3) is 12.4. The summed E-state index contributed by atoms with van der Waals surface area (Å²) in [5.41, 5.74) is 1.67. The number of fused-ring (bicyclic) bond motifs is 1. The number of anilines is 2. The number of aromatic amines is 1. The molecule has 2 aliphatic rings. The molecule has 2 aliphatic heterocycles. The molecule has 7 amide bonds. The molecule has 1 unspecified atom stereocenters. The van der Waals surface area contributed by atoms with Gasteiger partial charge in [0, 0.05) is 35.5 Å². The summed E-state index contributed by atoms with van der Waals surface area (Å²) in [6.07, 6.45) is -2.44. The Morgan fingerprint density at radius 1 is 1.00 bits per heavy atom. The second kappa shape index (κ2) is 22.8. The lowest BCUT2D eigenvalue weighted by Gasteiger charge is -2.42. The van der Waals surface area contributed by atoms with Crippen LogP contribution >= 0.6 is 22.6 Å². The number of ether oxygens (including phenoxy) is 2. The maximum atomic E-state index is 13.2. The van der Waals surface area contributed by atoms with Crippen LogP contribution in [0.25, 0.3) is 11.2 Å². The molecule has 0 radical (unpaired) electrons. The smallest absolute Gasteiger partial charge is 0.410 e. The SMILES string of the molecule is CCC(I)(CC)C1CC(=O)N(CCC(=O)N[C@H](C(=O)N[C@@H](C)C(=O)Nc2ccc(COC(=O)N(C)CC(=O)N[C@@H]3[C@@H](O)[C@H](O)[C@H](Nc4ncnc5nc[nH]c45)O[C@H]3CO)cc2)C(C)C)C1=O. The Labute approximate surface area is 394 Å². The van der Waals surface area contributed by atoms with Gasteiger partial charge in [-0.05, 0) is 43.4 Å². The van der Waals surface area contributed by atoms with Crippen LogP contribution in [-0.2, 0) is 44.8 Å². The number of H-pyrrole nitrogens is 1. The second-order valence-electron chi connectivity index (χ2n) is 16.6. The predicted molar refractivity (Wildman–Crippen MR) is 244 cm³/mol. The Morgan fingerprint density at radius 3 is 2.35 bits per heavy atom. The first-order valence-corrected chi connectivity index (χ1v) is 22.6. The number of rotatable bonds is 20. The molecule has 24 heteroatoms. The van der Waals surface area contributed by atoms with E-state index in [0.29, 0.717) is 22.4 Å². The van der Waals surface area contributed by atoms with Crippen LogP contribution in [0.3, 0.4) is 0 Å². The molecule has 3 aromatic rings. The van der Waals surface area contributed by atoms with Crippen LogP contribution in [0.4, 0.5) is 16.3 Å². The van der Waals surface area contributed by atoms with E-state index in [4.69, 9.17) is 9.47 Å². The summed E-state index contributed by atoms with van der Waals surface area (Å²) in [7, 11) is 1.31. The number of likely N-dealkylation sites (N-methyl/N-ethyl adjacent to an activating group) is 1. The third-order valence-corrected chi connectivity index (χ3v) is 13.9. The van der Waals surface area contributed by atoms with Gasteiger partial charge < -0.3 is 61.3 Å². The van der Waals surface area contributed by atoms with Crippen molar-refractivity contribution in [3.8, 4) is 0 Å². The molecule has 4 heterocycles. The van der Waals surface area contributed by atoms with E-state index < -0.39 is 91.5 Å². The first-order chi connectivity index (χ1) is 31.3. The van der Waals surface area contributed by atoms with Crippen LogP contribution in [0.1, 0.15) is 65.9 Å². The Balaban J connectivity index is 1.03.